The molecule has 0 amide bonds. The predicted molar refractivity (Wildman–Crippen MR) is 50.3 cm³/mol. The number of rotatable bonds is 8. The molecule has 0 aliphatic carbocycles. The Bertz CT molecular complexity index is 140. The van der Waals surface area contributed by atoms with Crippen molar-refractivity contribution < 1.29 is 24.1 Å². The van der Waals surface area contributed by atoms with Gasteiger partial charge in [0.1, 0.15) is 6.61 Å². The van der Waals surface area contributed by atoms with Gasteiger partial charge in [-0.2, -0.15) is 0 Å². The molecule has 0 saturated heterocycles. The second-order valence-electron chi connectivity index (χ2n) is 2.75. The SMILES string of the molecule is CCCOC(COC(=O)O)OCCC. The number of hydrogen-bond acceptors (Lipinski definition) is 4. The molecule has 0 aliphatic rings. The van der Waals surface area contributed by atoms with Crippen molar-refractivity contribution in [2.45, 2.75) is 33.0 Å². The quantitative estimate of drug-likeness (QED) is 0.485. The Morgan fingerprint density at radius 1 is 1.21 bits per heavy atom. The number of carboxylic acid groups (broad SMARTS) is 1. The lowest BCUT2D eigenvalue weighted by Crippen LogP contribution is -2.25. The molecule has 0 aromatic rings. The van der Waals surface area contributed by atoms with E-state index in [1.54, 1.807) is 0 Å². The third-order valence-corrected chi connectivity index (χ3v) is 1.36. The minimum atomic E-state index is -1.31. The summed E-state index contributed by atoms with van der Waals surface area (Å²) in [6.45, 7) is 4.94. The molecule has 0 aliphatic heterocycles. The third kappa shape index (κ3) is 7.82. The van der Waals surface area contributed by atoms with Crippen LogP contribution in [0.2, 0.25) is 0 Å². The van der Waals surface area contributed by atoms with E-state index in [0.717, 1.165) is 12.8 Å². The molecule has 0 aromatic carbocycles. The van der Waals surface area contributed by atoms with Crippen molar-refractivity contribution in [2.75, 3.05) is 19.8 Å². The Balaban J connectivity index is 3.65. The van der Waals surface area contributed by atoms with Crippen LogP contribution in [0.5, 0.6) is 0 Å². The fourth-order valence-corrected chi connectivity index (χ4v) is 0.782. The van der Waals surface area contributed by atoms with E-state index in [-0.39, 0.29) is 6.61 Å². The molecule has 5 nitrogen and oxygen atoms in total. The van der Waals surface area contributed by atoms with E-state index < -0.39 is 12.4 Å². The van der Waals surface area contributed by atoms with Crippen LogP contribution in [0.15, 0.2) is 0 Å². The van der Waals surface area contributed by atoms with Gasteiger partial charge in [-0.3, -0.25) is 0 Å². The topological polar surface area (TPSA) is 65.0 Å². The standard InChI is InChI=1S/C9H18O5/c1-3-5-12-8(13-6-4-2)7-14-9(10)11/h8H,3-7H2,1-2H3,(H,10,11). The van der Waals surface area contributed by atoms with Crippen LogP contribution in [0.1, 0.15) is 26.7 Å². The van der Waals surface area contributed by atoms with Gasteiger partial charge < -0.3 is 19.3 Å². The Morgan fingerprint density at radius 3 is 2.07 bits per heavy atom. The molecule has 0 rings (SSSR count). The molecule has 0 radical (unpaired) electrons. The first kappa shape index (κ1) is 13.2. The Hall–Kier alpha value is -0.810. The van der Waals surface area contributed by atoms with E-state index in [4.69, 9.17) is 14.6 Å². The Labute approximate surface area is 84.0 Å². The summed E-state index contributed by atoms with van der Waals surface area (Å²) in [5, 5.41) is 8.28. The molecule has 0 bridgehead atoms. The van der Waals surface area contributed by atoms with Crippen molar-refractivity contribution >= 4 is 6.16 Å². The van der Waals surface area contributed by atoms with Crippen LogP contribution in [0.3, 0.4) is 0 Å². The summed E-state index contributed by atoms with van der Waals surface area (Å²) in [6, 6.07) is 0. The highest BCUT2D eigenvalue weighted by Gasteiger charge is 2.11. The maximum absolute atomic E-state index is 10.1. The van der Waals surface area contributed by atoms with Crippen molar-refractivity contribution in [1.82, 2.24) is 0 Å². The molecule has 0 saturated carbocycles. The van der Waals surface area contributed by atoms with Crippen molar-refractivity contribution in [3.8, 4) is 0 Å². The van der Waals surface area contributed by atoms with Crippen molar-refractivity contribution in [3.05, 3.63) is 0 Å². The molecule has 0 spiro atoms. The van der Waals surface area contributed by atoms with Gasteiger partial charge in [-0.05, 0) is 12.8 Å². The zero-order valence-corrected chi connectivity index (χ0v) is 8.69. The van der Waals surface area contributed by atoms with Gasteiger partial charge >= 0.3 is 6.16 Å². The van der Waals surface area contributed by atoms with Gasteiger partial charge in [-0.25, -0.2) is 4.79 Å². The molecule has 5 heteroatoms. The lowest BCUT2D eigenvalue weighted by molar-refractivity contribution is -0.165. The van der Waals surface area contributed by atoms with Crippen LogP contribution in [0, 0.1) is 0 Å². The summed E-state index contributed by atoms with van der Waals surface area (Å²) >= 11 is 0. The normalized spacial score (nSPS) is 10.5. The van der Waals surface area contributed by atoms with E-state index in [1.807, 2.05) is 13.8 Å². The molecule has 0 unspecified atom stereocenters. The predicted octanol–water partition coefficient (Wildman–Crippen LogP) is 1.86. The number of hydrogen-bond donors (Lipinski definition) is 1. The smallest absolute Gasteiger partial charge is 0.450 e. The summed E-state index contributed by atoms with van der Waals surface area (Å²) in [7, 11) is 0. The minimum Gasteiger partial charge on any atom is -0.450 e. The van der Waals surface area contributed by atoms with E-state index in [9.17, 15) is 4.79 Å². The van der Waals surface area contributed by atoms with Crippen LogP contribution < -0.4 is 0 Å². The molecule has 1 N–H and O–H groups in total. The number of ether oxygens (including phenoxy) is 3. The maximum atomic E-state index is 10.1. The fourth-order valence-electron chi connectivity index (χ4n) is 0.782. The second-order valence-corrected chi connectivity index (χ2v) is 2.75. The van der Waals surface area contributed by atoms with E-state index in [2.05, 4.69) is 4.74 Å². The molecule has 0 aromatic heterocycles. The van der Waals surface area contributed by atoms with E-state index >= 15 is 0 Å². The zero-order chi connectivity index (χ0) is 10.8. The lowest BCUT2D eigenvalue weighted by atomic mass is 10.5. The second kappa shape index (κ2) is 8.77. The van der Waals surface area contributed by atoms with Gasteiger partial charge in [0.25, 0.3) is 0 Å². The van der Waals surface area contributed by atoms with Crippen LogP contribution in [-0.4, -0.2) is 37.4 Å². The first-order valence-corrected chi connectivity index (χ1v) is 4.79. The summed E-state index contributed by atoms with van der Waals surface area (Å²) in [4.78, 5) is 10.1. The Morgan fingerprint density at radius 2 is 1.71 bits per heavy atom. The van der Waals surface area contributed by atoms with E-state index in [1.165, 1.54) is 0 Å². The van der Waals surface area contributed by atoms with Crippen molar-refractivity contribution in [3.63, 3.8) is 0 Å². The van der Waals surface area contributed by atoms with Crippen LogP contribution >= 0.6 is 0 Å². The van der Waals surface area contributed by atoms with Crippen LogP contribution in [-0.2, 0) is 14.2 Å². The monoisotopic (exact) mass is 206 g/mol. The summed E-state index contributed by atoms with van der Waals surface area (Å²) < 4.78 is 14.8. The average molecular weight is 206 g/mol. The van der Waals surface area contributed by atoms with Gasteiger partial charge in [-0.15, -0.1) is 0 Å². The first-order chi connectivity index (χ1) is 6.70. The van der Waals surface area contributed by atoms with Crippen molar-refractivity contribution in [2.24, 2.45) is 0 Å². The van der Waals surface area contributed by atoms with E-state index in [0.29, 0.717) is 13.2 Å². The van der Waals surface area contributed by atoms with Gasteiger partial charge in [-0.1, -0.05) is 13.8 Å². The highest BCUT2D eigenvalue weighted by atomic mass is 16.7. The minimum absolute atomic E-state index is 0.0741. The molecular weight excluding hydrogens is 188 g/mol. The largest absolute Gasteiger partial charge is 0.505 e. The molecule has 14 heavy (non-hydrogen) atoms. The lowest BCUT2D eigenvalue weighted by Gasteiger charge is -2.16. The molecule has 0 fully saturated rings. The molecule has 0 atom stereocenters. The number of carbonyl (C=O) groups is 1. The maximum Gasteiger partial charge on any atom is 0.505 e. The zero-order valence-electron chi connectivity index (χ0n) is 8.69. The van der Waals surface area contributed by atoms with Crippen LogP contribution in [0.4, 0.5) is 4.79 Å². The highest BCUT2D eigenvalue weighted by molar-refractivity contribution is 5.56. The fraction of sp³-hybridized carbons (Fsp3) is 0.889. The summed E-state index contributed by atoms with van der Waals surface area (Å²) in [5.74, 6) is 0. The molecule has 84 valence electrons. The molecular formula is C9H18O5. The average Bonchev–Trinajstić information content (AvgIpc) is 2.16. The van der Waals surface area contributed by atoms with Gasteiger partial charge in [0.15, 0.2) is 6.29 Å². The Kier molecular flexibility index (Phi) is 8.27. The van der Waals surface area contributed by atoms with Gasteiger partial charge in [0, 0.05) is 13.2 Å². The van der Waals surface area contributed by atoms with Gasteiger partial charge in [0.05, 0.1) is 0 Å². The first-order valence-electron chi connectivity index (χ1n) is 4.79. The summed E-state index contributed by atoms with van der Waals surface area (Å²) in [6.07, 6.45) is -0.167. The van der Waals surface area contributed by atoms with Gasteiger partial charge in [0.2, 0.25) is 0 Å². The van der Waals surface area contributed by atoms with Crippen LogP contribution in [0.25, 0.3) is 0 Å². The molecule has 0 heterocycles. The van der Waals surface area contributed by atoms with Crippen molar-refractivity contribution in [1.29, 1.82) is 0 Å². The highest BCUT2D eigenvalue weighted by Crippen LogP contribution is 1.99. The summed E-state index contributed by atoms with van der Waals surface area (Å²) in [5.41, 5.74) is 0. The third-order valence-electron chi connectivity index (χ3n) is 1.36.